The number of benzene rings is 3. The number of hydrogen-bond acceptors (Lipinski definition) is 5. The van der Waals surface area contributed by atoms with Crippen LogP contribution in [-0.4, -0.2) is 25.3 Å². The predicted octanol–water partition coefficient (Wildman–Crippen LogP) is 4.62. The minimum absolute atomic E-state index is 0.00317. The molecule has 3 rings (SSSR count). The molecule has 0 unspecified atom stereocenters. The number of aliphatic hydroxyl groups excluding tert-OH is 1. The molecule has 3 aromatic rings. The van der Waals surface area contributed by atoms with Crippen molar-refractivity contribution >= 4 is 36.7 Å². The Morgan fingerprint density at radius 3 is 2.04 bits per heavy atom. The Morgan fingerprint density at radius 1 is 0.786 bits per heavy atom. The van der Waals surface area contributed by atoms with Gasteiger partial charge in [0.25, 0.3) is 0 Å². The zero-order valence-corrected chi connectivity index (χ0v) is 16.7. The first-order chi connectivity index (χ1) is 13.2. The van der Waals surface area contributed by atoms with Crippen molar-refractivity contribution in [2.75, 3.05) is 0 Å². The third kappa shape index (κ3) is 4.59. The zero-order valence-electron chi connectivity index (χ0n) is 14.3. The molecule has 0 radical (unpaired) electrons. The molecule has 5 nitrogen and oxygen atoms in total. The number of carbonyl (C=O) groups is 1. The van der Waals surface area contributed by atoms with E-state index in [9.17, 15) is 9.90 Å². The maximum atomic E-state index is 11.7. The van der Waals surface area contributed by atoms with Gasteiger partial charge in [-0.15, -0.1) is 0 Å². The minimum Gasteiger partial charge on any atom is -0.384 e. The van der Waals surface area contributed by atoms with Gasteiger partial charge in [-0.1, -0.05) is 59.6 Å². The van der Waals surface area contributed by atoms with Crippen molar-refractivity contribution in [1.29, 1.82) is 0 Å². The topological polar surface area (TPSA) is 98.0 Å². The lowest BCUT2D eigenvalue weighted by atomic mass is 9.97. The van der Waals surface area contributed by atoms with Gasteiger partial charge in [-0.25, -0.2) is 4.79 Å². The van der Waals surface area contributed by atoms with E-state index in [0.717, 1.165) is 11.1 Å². The Labute approximate surface area is 172 Å². The van der Waals surface area contributed by atoms with Crippen molar-refractivity contribution in [3.8, 4) is 11.1 Å². The quantitative estimate of drug-likeness (QED) is 0.436. The van der Waals surface area contributed by atoms with Crippen LogP contribution >= 0.6 is 31.1 Å². The number of rotatable bonds is 5. The Kier molecular flexibility index (Phi) is 6.18. The summed E-state index contributed by atoms with van der Waals surface area (Å²) >= 11 is 11.9. The molecular weight excluding hydrogens is 422 g/mol. The molecule has 0 saturated heterocycles. The van der Waals surface area contributed by atoms with Crippen molar-refractivity contribution in [1.82, 2.24) is 0 Å². The van der Waals surface area contributed by atoms with Gasteiger partial charge in [-0.2, -0.15) is 14.7 Å². The number of carbonyl (C=O) groups excluding carboxylic acids is 1. The van der Waals surface area contributed by atoms with Crippen LogP contribution in [0.1, 0.15) is 27.6 Å². The maximum absolute atomic E-state index is 11.7. The molecule has 1 atom stereocenters. The highest BCUT2D eigenvalue weighted by Crippen LogP contribution is 2.48. The average molecular weight is 438 g/mol. The van der Waals surface area contributed by atoms with E-state index >= 15 is 0 Å². The summed E-state index contributed by atoms with van der Waals surface area (Å²) in [6.07, 6.45) is -0.904. The molecule has 8 heteroatoms. The standard InChI is InChI=1S/C20H16Cl2O5P/c21-17-9-8-16(11-18(17)22)19(23)15-3-1-2-14(10-15)12-4-6-13(7-5-12)20(24)28(25,26)27/h1-11,19,23,25-27H/q+1/t19-/m0/s1. The highest BCUT2D eigenvalue weighted by molar-refractivity contribution is 7.76. The van der Waals surface area contributed by atoms with Crippen LogP contribution in [0.5, 0.6) is 0 Å². The zero-order chi connectivity index (χ0) is 20.5. The second kappa shape index (κ2) is 8.27. The SMILES string of the molecule is O=C(c1ccc(-c2cccc([C@H](O)c3ccc(Cl)c(Cl)c3)c2)cc1)[P+](O)(O)O. The third-order valence-corrected chi connectivity index (χ3v) is 5.74. The Balaban J connectivity index is 1.89. The van der Waals surface area contributed by atoms with Crippen molar-refractivity contribution in [2.24, 2.45) is 0 Å². The van der Waals surface area contributed by atoms with Crippen LogP contribution in [0.2, 0.25) is 10.0 Å². The summed E-state index contributed by atoms with van der Waals surface area (Å²) in [6, 6.07) is 18.2. The fourth-order valence-corrected chi connectivity index (χ4v) is 3.54. The molecule has 0 aromatic heterocycles. The molecule has 0 bridgehead atoms. The fraction of sp³-hybridized carbons (Fsp3) is 0.0500. The Bertz CT molecular complexity index is 1020. The van der Waals surface area contributed by atoms with E-state index in [1.54, 1.807) is 48.5 Å². The van der Waals surface area contributed by atoms with Crippen molar-refractivity contribution in [3.05, 3.63) is 93.5 Å². The van der Waals surface area contributed by atoms with E-state index in [1.165, 1.54) is 12.1 Å². The monoisotopic (exact) mass is 437 g/mol. The highest BCUT2D eigenvalue weighted by atomic mass is 35.5. The normalized spacial score (nSPS) is 12.6. The number of hydrogen-bond donors (Lipinski definition) is 4. The largest absolute Gasteiger partial charge is 0.483 e. The Hall–Kier alpha value is -1.82. The van der Waals surface area contributed by atoms with Crippen LogP contribution in [0.25, 0.3) is 11.1 Å². The molecule has 0 amide bonds. The molecule has 0 saturated carbocycles. The van der Waals surface area contributed by atoms with Gasteiger partial charge in [0.2, 0.25) is 0 Å². The van der Waals surface area contributed by atoms with Crippen molar-refractivity contribution in [2.45, 2.75) is 6.10 Å². The van der Waals surface area contributed by atoms with Gasteiger partial charge in [0.05, 0.1) is 15.6 Å². The van der Waals surface area contributed by atoms with E-state index in [0.29, 0.717) is 21.2 Å². The van der Waals surface area contributed by atoms with E-state index in [1.807, 2.05) is 6.07 Å². The molecule has 144 valence electrons. The van der Waals surface area contributed by atoms with Gasteiger partial charge in [0, 0.05) is 0 Å². The van der Waals surface area contributed by atoms with E-state index in [-0.39, 0.29) is 5.56 Å². The summed E-state index contributed by atoms with van der Waals surface area (Å²) in [7, 11) is -4.57. The molecule has 0 spiro atoms. The summed E-state index contributed by atoms with van der Waals surface area (Å²) in [5.74, 6) is 0. The van der Waals surface area contributed by atoms with Gasteiger partial charge in [0.15, 0.2) is 0 Å². The first-order valence-corrected chi connectivity index (χ1v) is 10.5. The van der Waals surface area contributed by atoms with Crippen LogP contribution in [0.4, 0.5) is 0 Å². The van der Waals surface area contributed by atoms with Crippen molar-refractivity contribution < 1.29 is 24.6 Å². The molecule has 0 fully saturated rings. The first kappa shape index (κ1) is 20.9. The molecular formula is C20H16Cl2O5P+. The van der Waals surface area contributed by atoms with Crippen LogP contribution < -0.4 is 0 Å². The van der Waals surface area contributed by atoms with Gasteiger partial charge in [-0.3, -0.25) is 0 Å². The second-order valence-electron chi connectivity index (χ2n) is 6.15. The average Bonchev–Trinajstić information content (AvgIpc) is 2.68. The lowest BCUT2D eigenvalue weighted by Gasteiger charge is -2.14. The van der Waals surface area contributed by atoms with E-state index in [2.05, 4.69) is 0 Å². The predicted molar refractivity (Wildman–Crippen MR) is 110 cm³/mol. The van der Waals surface area contributed by atoms with Crippen LogP contribution in [-0.2, 0) is 0 Å². The molecule has 0 heterocycles. The lowest BCUT2D eigenvalue weighted by molar-refractivity contribution is 0.102. The molecule has 0 aliphatic heterocycles. The summed E-state index contributed by atoms with van der Waals surface area (Å²) < 4.78 is 0. The number of aliphatic hydroxyl groups is 1. The maximum Gasteiger partial charge on any atom is 0.483 e. The van der Waals surface area contributed by atoms with Gasteiger partial charge in [-0.05, 0) is 52.6 Å². The first-order valence-electron chi connectivity index (χ1n) is 8.12. The van der Waals surface area contributed by atoms with Gasteiger partial charge in [0.1, 0.15) is 6.10 Å². The molecule has 28 heavy (non-hydrogen) atoms. The van der Waals surface area contributed by atoms with Crippen molar-refractivity contribution in [3.63, 3.8) is 0 Å². The fourth-order valence-electron chi connectivity index (χ4n) is 2.74. The van der Waals surface area contributed by atoms with Crippen LogP contribution in [0, 0.1) is 0 Å². The molecule has 0 aliphatic rings. The highest BCUT2D eigenvalue weighted by Gasteiger charge is 2.43. The minimum atomic E-state index is -4.57. The summed E-state index contributed by atoms with van der Waals surface area (Å²) in [6.45, 7) is 0. The lowest BCUT2D eigenvalue weighted by Crippen LogP contribution is -2.05. The summed E-state index contributed by atoms with van der Waals surface area (Å²) in [4.78, 5) is 39.0. The van der Waals surface area contributed by atoms with E-state index < -0.39 is 19.6 Å². The van der Waals surface area contributed by atoms with Gasteiger partial charge >= 0.3 is 13.5 Å². The number of halogens is 2. The molecule has 4 N–H and O–H groups in total. The second-order valence-corrected chi connectivity index (χ2v) is 8.51. The third-order valence-electron chi connectivity index (χ3n) is 4.20. The summed E-state index contributed by atoms with van der Waals surface area (Å²) in [5.41, 5.74) is 1.66. The molecule has 3 aromatic carbocycles. The van der Waals surface area contributed by atoms with Crippen LogP contribution in [0.3, 0.4) is 0 Å². The Morgan fingerprint density at radius 2 is 1.43 bits per heavy atom. The van der Waals surface area contributed by atoms with Crippen LogP contribution in [0.15, 0.2) is 66.7 Å². The molecule has 0 aliphatic carbocycles. The smallest absolute Gasteiger partial charge is 0.384 e. The summed E-state index contributed by atoms with van der Waals surface area (Å²) in [5, 5.41) is 11.4. The van der Waals surface area contributed by atoms with E-state index in [4.69, 9.17) is 37.9 Å². The van der Waals surface area contributed by atoms with Gasteiger partial charge < -0.3 is 5.11 Å².